The third kappa shape index (κ3) is 1.98. The highest BCUT2D eigenvalue weighted by Gasteiger charge is 2.50. The normalized spacial score (nSPS) is 33.6. The fourth-order valence-corrected chi connectivity index (χ4v) is 4.69. The highest BCUT2D eigenvalue weighted by atomic mass is 16.1. The summed E-state index contributed by atoms with van der Waals surface area (Å²) in [4.78, 5) is 13.0. The van der Waals surface area contributed by atoms with E-state index in [4.69, 9.17) is 0 Å². The van der Waals surface area contributed by atoms with Crippen molar-refractivity contribution in [2.24, 2.45) is 21.1 Å². The number of rotatable bonds is 0. The summed E-state index contributed by atoms with van der Waals surface area (Å²) < 4.78 is 0. The molecule has 4 aliphatic rings. The van der Waals surface area contributed by atoms with E-state index in [0.717, 1.165) is 55.9 Å². The number of Topliss-reactive ketones (excluding diaryl/α,β-unsaturated/α-hetero) is 1. The molecule has 118 valence electrons. The Hall–Kier alpha value is -1.49. The third-order valence-electron chi connectivity index (χ3n) is 5.57. The molecule has 3 aliphatic heterocycles. The minimum atomic E-state index is -0.128. The second kappa shape index (κ2) is 4.75. The number of allylic oxidation sites excluding steroid dienone is 2. The first-order valence-corrected chi connectivity index (χ1v) is 8.38. The van der Waals surface area contributed by atoms with Gasteiger partial charge in [0.1, 0.15) is 0 Å². The quantitative estimate of drug-likeness (QED) is 0.723. The van der Waals surface area contributed by atoms with Crippen LogP contribution in [0.25, 0.3) is 0 Å². The van der Waals surface area contributed by atoms with E-state index in [1.54, 1.807) is 0 Å². The van der Waals surface area contributed by atoms with Crippen molar-refractivity contribution in [3.05, 3.63) is 22.7 Å². The van der Waals surface area contributed by atoms with Crippen LogP contribution < -0.4 is 10.6 Å². The number of dihydropyridines is 1. The number of carbonyl (C=O) groups excluding carboxylic acids is 1. The lowest BCUT2D eigenvalue weighted by molar-refractivity contribution is -0.119. The molecular weight excluding hydrogens is 276 g/mol. The maximum absolute atomic E-state index is 13.0. The van der Waals surface area contributed by atoms with E-state index in [0.29, 0.717) is 18.7 Å². The Labute approximate surface area is 131 Å². The van der Waals surface area contributed by atoms with Gasteiger partial charge in [0.15, 0.2) is 11.6 Å². The van der Waals surface area contributed by atoms with E-state index in [1.807, 2.05) is 0 Å². The number of hydrogen-bond acceptors (Lipinski definition) is 5. The summed E-state index contributed by atoms with van der Waals surface area (Å²) in [5.74, 6) is 1.25. The fourth-order valence-electron chi connectivity index (χ4n) is 4.69. The lowest BCUT2D eigenvalue weighted by Crippen LogP contribution is -2.44. The van der Waals surface area contributed by atoms with Crippen LogP contribution in [0, 0.1) is 10.8 Å². The molecule has 2 N–H and O–H groups in total. The summed E-state index contributed by atoms with van der Waals surface area (Å²) in [5, 5.41) is 15.5. The molecule has 5 heteroatoms. The first kappa shape index (κ1) is 14.1. The Bertz CT molecular complexity index is 619. The molecule has 1 fully saturated rings. The second-order valence-corrected chi connectivity index (χ2v) is 7.83. The summed E-state index contributed by atoms with van der Waals surface area (Å²) in [7, 11) is 0. The molecule has 0 amide bonds. The highest BCUT2D eigenvalue weighted by molar-refractivity contribution is 6.00. The molecule has 1 aliphatic carbocycles. The Balaban J connectivity index is 1.86. The number of fused-ring (bicyclic) bond motifs is 2. The standard InChI is InChI=1S/C17H24N4O/c1-16(2)8-12-14(13(22)9-16)17(4-3-6-18-7-5-17)11-10-19-21-15(11)20-12/h18,20H,3-10H2,1-2H3. The minimum Gasteiger partial charge on any atom is -0.342 e. The van der Waals surface area contributed by atoms with Crippen molar-refractivity contribution in [3.63, 3.8) is 0 Å². The van der Waals surface area contributed by atoms with Gasteiger partial charge in [-0.15, -0.1) is 5.11 Å². The van der Waals surface area contributed by atoms with Gasteiger partial charge in [-0.3, -0.25) is 4.79 Å². The van der Waals surface area contributed by atoms with Crippen LogP contribution in [0.2, 0.25) is 0 Å². The van der Waals surface area contributed by atoms with Gasteiger partial charge in [-0.2, -0.15) is 5.11 Å². The average molecular weight is 300 g/mol. The predicted molar refractivity (Wildman–Crippen MR) is 84.1 cm³/mol. The SMILES string of the molecule is CC1(C)CC(=O)C2=C(C1)NC1=C(CN=N1)C21CCCNCC1. The second-order valence-electron chi connectivity index (χ2n) is 7.83. The van der Waals surface area contributed by atoms with E-state index < -0.39 is 0 Å². The molecule has 0 radical (unpaired) electrons. The van der Waals surface area contributed by atoms with Gasteiger partial charge in [0.05, 0.1) is 6.54 Å². The molecule has 3 heterocycles. The van der Waals surface area contributed by atoms with Crippen molar-refractivity contribution in [3.8, 4) is 0 Å². The van der Waals surface area contributed by atoms with Crippen molar-refractivity contribution in [2.45, 2.75) is 46.0 Å². The molecule has 1 spiro atoms. The molecule has 5 nitrogen and oxygen atoms in total. The van der Waals surface area contributed by atoms with Crippen molar-refractivity contribution in [2.75, 3.05) is 19.6 Å². The zero-order chi connectivity index (χ0) is 15.4. The van der Waals surface area contributed by atoms with Gasteiger partial charge < -0.3 is 10.6 Å². The largest absolute Gasteiger partial charge is 0.342 e. The average Bonchev–Trinajstić information content (AvgIpc) is 2.77. The molecule has 1 unspecified atom stereocenters. The van der Waals surface area contributed by atoms with Gasteiger partial charge in [-0.1, -0.05) is 13.8 Å². The summed E-state index contributed by atoms with van der Waals surface area (Å²) in [6.45, 7) is 7.00. The Morgan fingerprint density at radius 3 is 2.86 bits per heavy atom. The van der Waals surface area contributed by atoms with Crippen molar-refractivity contribution >= 4 is 5.78 Å². The van der Waals surface area contributed by atoms with Crippen LogP contribution >= 0.6 is 0 Å². The van der Waals surface area contributed by atoms with Gasteiger partial charge in [-0.25, -0.2) is 0 Å². The molecule has 0 bridgehead atoms. The topological polar surface area (TPSA) is 65.8 Å². The van der Waals surface area contributed by atoms with E-state index in [-0.39, 0.29) is 10.8 Å². The third-order valence-corrected chi connectivity index (χ3v) is 5.57. The summed E-state index contributed by atoms with van der Waals surface area (Å²) >= 11 is 0. The van der Waals surface area contributed by atoms with E-state index in [1.165, 1.54) is 5.57 Å². The van der Waals surface area contributed by atoms with Crippen LogP contribution in [-0.2, 0) is 4.79 Å². The fraction of sp³-hybridized carbons (Fsp3) is 0.706. The van der Waals surface area contributed by atoms with Crippen molar-refractivity contribution in [1.82, 2.24) is 10.6 Å². The van der Waals surface area contributed by atoms with Crippen LogP contribution in [0.4, 0.5) is 0 Å². The zero-order valence-electron chi connectivity index (χ0n) is 13.5. The summed E-state index contributed by atoms with van der Waals surface area (Å²) in [6.07, 6.45) is 4.71. The number of azo groups is 1. The number of carbonyl (C=O) groups is 1. The predicted octanol–water partition coefficient (Wildman–Crippen LogP) is 2.67. The Morgan fingerprint density at radius 2 is 2.00 bits per heavy atom. The van der Waals surface area contributed by atoms with Crippen LogP contribution in [0.3, 0.4) is 0 Å². The van der Waals surface area contributed by atoms with Crippen LogP contribution in [-0.4, -0.2) is 25.4 Å². The molecule has 1 saturated heterocycles. The molecule has 0 aromatic heterocycles. The van der Waals surface area contributed by atoms with Gasteiger partial charge in [0.25, 0.3) is 0 Å². The Morgan fingerprint density at radius 1 is 1.14 bits per heavy atom. The van der Waals surface area contributed by atoms with Crippen LogP contribution in [0.15, 0.2) is 32.9 Å². The van der Waals surface area contributed by atoms with Crippen LogP contribution in [0.5, 0.6) is 0 Å². The molecule has 4 rings (SSSR count). The smallest absolute Gasteiger partial charge is 0.162 e. The van der Waals surface area contributed by atoms with Gasteiger partial charge >= 0.3 is 0 Å². The van der Waals surface area contributed by atoms with Crippen molar-refractivity contribution in [1.29, 1.82) is 0 Å². The maximum atomic E-state index is 13.0. The molecule has 0 aromatic carbocycles. The molecule has 0 saturated carbocycles. The van der Waals surface area contributed by atoms with Gasteiger partial charge in [0, 0.05) is 28.7 Å². The highest BCUT2D eigenvalue weighted by Crippen LogP contribution is 2.54. The monoisotopic (exact) mass is 300 g/mol. The number of hydrogen-bond donors (Lipinski definition) is 2. The summed E-state index contributed by atoms with van der Waals surface area (Å²) in [6, 6.07) is 0. The zero-order valence-corrected chi connectivity index (χ0v) is 13.5. The molecular formula is C17H24N4O. The molecule has 0 aromatic rings. The minimum absolute atomic E-state index is 0.0287. The van der Waals surface area contributed by atoms with Crippen molar-refractivity contribution < 1.29 is 4.79 Å². The van der Waals surface area contributed by atoms with Crippen LogP contribution in [0.1, 0.15) is 46.0 Å². The lowest BCUT2D eigenvalue weighted by atomic mass is 9.60. The molecule has 1 atom stereocenters. The number of nitrogens with one attached hydrogen (secondary N) is 2. The van der Waals surface area contributed by atoms with Gasteiger partial charge in [0.2, 0.25) is 0 Å². The van der Waals surface area contributed by atoms with E-state index in [2.05, 4.69) is 34.7 Å². The number of nitrogens with zero attached hydrogens (tertiary/aromatic N) is 2. The van der Waals surface area contributed by atoms with E-state index in [9.17, 15) is 4.79 Å². The lowest BCUT2D eigenvalue weighted by Gasteiger charge is -2.45. The first-order chi connectivity index (χ1) is 10.5. The van der Waals surface area contributed by atoms with E-state index >= 15 is 0 Å². The summed E-state index contributed by atoms with van der Waals surface area (Å²) in [5.41, 5.74) is 3.32. The number of ketones is 1. The molecule has 22 heavy (non-hydrogen) atoms. The first-order valence-electron chi connectivity index (χ1n) is 8.38. The maximum Gasteiger partial charge on any atom is 0.162 e. The Kier molecular flexibility index (Phi) is 3.05. The van der Waals surface area contributed by atoms with Gasteiger partial charge in [-0.05, 0) is 44.2 Å².